The van der Waals surface area contributed by atoms with E-state index in [1.807, 2.05) is 18.2 Å². The second-order valence-corrected chi connectivity index (χ2v) is 3.99. The summed E-state index contributed by atoms with van der Waals surface area (Å²) >= 11 is 1.57. The number of anilines is 1. The summed E-state index contributed by atoms with van der Waals surface area (Å²) in [4.78, 5) is 9.70. The van der Waals surface area contributed by atoms with Gasteiger partial charge in [0.25, 0.3) is 0 Å². The molecule has 0 atom stereocenters. The number of nitrogens with one attached hydrogen (secondary N) is 1. The largest absolute Gasteiger partial charge is 0.354 e. The summed E-state index contributed by atoms with van der Waals surface area (Å²) in [5.41, 5.74) is 0.954. The number of nitrogens with zero attached hydrogens (tertiary/aromatic N) is 2. The maximum Gasteiger partial charge on any atom is 0.222 e. The first kappa shape index (κ1) is 13.3. The van der Waals surface area contributed by atoms with Crippen molar-refractivity contribution < 1.29 is 21.1 Å². The fourth-order valence-corrected chi connectivity index (χ4v) is 1.81. The Labute approximate surface area is 114 Å². The maximum atomic E-state index is 4.42. The van der Waals surface area contributed by atoms with Crippen LogP contribution >= 0.6 is 11.3 Å². The van der Waals surface area contributed by atoms with E-state index in [1.54, 1.807) is 17.5 Å². The van der Waals surface area contributed by atoms with Gasteiger partial charge in [-0.1, -0.05) is 6.92 Å². The predicted octanol–water partition coefficient (Wildman–Crippen LogP) is 2.82. The molecule has 0 unspecified atom stereocenters. The monoisotopic (exact) mass is 402 g/mol. The molecule has 5 heteroatoms. The van der Waals surface area contributed by atoms with Crippen LogP contribution in [0.5, 0.6) is 0 Å². The molecule has 0 fully saturated rings. The Kier molecular flexibility index (Phi) is 5.64. The van der Waals surface area contributed by atoms with Crippen LogP contribution in [0.2, 0.25) is 0 Å². The van der Waals surface area contributed by atoms with Crippen molar-refractivity contribution in [1.29, 1.82) is 0 Å². The van der Waals surface area contributed by atoms with Gasteiger partial charge in [-0.2, -0.15) is 12.1 Å². The molecule has 0 radical (unpaired) electrons. The zero-order valence-electron chi connectivity index (χ0n) is 8.93. The molecule has 84 valence electrons. The van der Waals surface area contributed by atoms with Gasteiger partial charge >= 0.3 is 0 Å². The van der Waals surface area contributed by atoms with Crippen molar-refractivity contribution in [2.45, 2.75) is 13.3 Å². The Hall–Kier alpha value is -0.732. The van der Waals surface area contributed by atoms with E-state index in [0.717, 1.165) is 23.5 Å². The molecule has 2 rings (SSSR count). The second-order valence-electron chi connectivity index (χ2n) is 3.11. The molecular formula is C11H12N3SW-. The molecule has 2 heterocycles. The third-order valence-electron chi connectivity index (χ3n) is 1.91. The number of thiophene rings is 1. The van der Waals surface area contributed by atoms with Crippen molar-refractivity contribution in [3.63, 3.8) is 0 Å². The van der Waals surface area contributed by atoms with Crippen molar-refractivity contribution in [2.24, 2.45) is 0 Å². The van der Waals surface area contributed by atoms with Gasteiger partial charge in [-0.25, -0.2) is 9.97 Å². The summed E-state index contributed by atoms with van der Waals surface area (Å²) in [6.07, 6.45) is 2.85. The van der Waals surface area contributed by atoms with E-state index in [1.165, 1.54) is 0 Å². The standard InChI is InChI=1S/C11H12N3S.W/c1-2-6-12-11-13-7-5-9(14-11)10-4-3-8-15-10;/h3-5,7H,2,6H2,1H3,(H,12,13,14);/q-1;. The van der Waals surface area contributed by atoms with E-state index in [0.29, 0.717) is 5.95 Å². The zero-order chi connectivity index (χ0) is 10.5. The van der Waals surface area contributed by atoms with Gasteiger partial charge in [0.05, 0.1) is 0 Å². The molecule has 0 saturated heterocycles. The van der Waals surface area contributed by atoms with Gasteiger partial charge in [0.2, 0.25) is 5.95 Å². The minimum Gasteiger partial charge on any atom is -0.354 e. The molecule has 0 spiro atoms. The van der Waals surface area contributed by atoms with Crippen LogP contribution in [0.1, 0.15) is 13.3 Å². The Morgan fingerprint density at radius 3 is 3.00 bits per heavy atom. The average molecular weight is 402 g/mol. The molecule has 0 amide bonds. The third kappa shape index (κ3) is 3.39. The van der Waals surface area contributed by atoms with Gasteiger partial charge < -0.3 is 5.32 Å². The molecule has 3 nitrogen and oxygen atoms in total. The Morgan fingerprint density at radius 1 is 1.44 bits per heavy atom. The van der Waals surface area contributed by atoms with E-state index in [-0.39, 0.29) is 21.1 Å². The summed E-state index contributed by atoms with van der Waals surface area (Å²) in [7, 11) is 0. The van der Waals surface area contributed by atoms with Crippen LogP contribution in [-0.4, -0.2) is 16.5 Å². The van der Waals surface area contributed by atoms with Gasteiger partial charge in [0.1, 0.15) is 0 Å². The van der Waals surface area contributed by atoms with Crippen molar-refractivity contribution in [1.82, 2.24) is 9.97 Å². The molecular weight excluding hydrogens is 390 g/mol. The fourth-order valence-electron chi connectivity index (χ4n) is 1.20. The molecule has 0 bridgehead atoms. The maximum absolute atomic E-state index is 4.42. The van der Waals surface area contributed by atoms with Crippen LogP contribution in [-0.2, 0) is 21.1 Å². The number of hydrogen-bond donors (Lipinski definition) is 1. The van der Waals surface area contributed by atoms with E-state index < -0.39 is 0 Å². The van der Waals surface area contributed by atoms with E-state index in [4.69, 9.17) is 0 Å². The van der Waals surface area contributed by atoms with Gasteiger partial charge in [0.15, 0.2) is 0 Å². The summed E-state index contributed by atoms with van der Waals surface area (Å²) in [5, 5.41) is 6.22. The zero-order valence-corrected chi connectivity index (χ0v) is 12.7. The molecule has 16 heavy (non-hydrogen) atoms. The normalized spacial score (nSPS) is 9.56. The Morgan fingerprint density at radius 2 is 2.31 bits per heavy atom. The van der Waals surface area contributed by atoms with Crippen LogP contribution in [0.25, 0.3) is 10.6 Å². The minimum atomic E-state index is 0. The first-order valence-electron chi connectivity index (χ1n) is 4.93. The SMILES string of the molecule is CCCNc1nccc(-c2cc[c-]s2)n1.[W]. The number of hydrogen-bond acceptors (Lipinski definition) is 4. The van der Waals surface area contributed by atoms with Crippen molar-refractivity contribution >= 4 is 17.3 Å². The van der Waals surface area contributed by atoms with Crippen LogP contribution in [0, 0.1) is 5.38 Å². The van der Waals surface area contributed by atoms with Gasteiger partial charge in [-0.15, -0.1) is 10.3 Å². The minimum absolute atomic E-state index is 0. The van der Waals surface area contributed by atoms with Crippen LogP contribution in [0.3, 0.4) is 0 Å². The fraction of sp³-hybridized carbons (Fsp3) is 0.273. The summed E-state index contributed by atoms with van der Waals surface area (Å²) < 4.78 is 0. The molecule has 0 aliphatic heterocycles. The van der Waals surface area contributed by atoms with Gasteiger partial charge in [-0.05, 0) is 12.5 Å². The van der Waals surface area contributed by atoms with E-state index >= 15 is 0 Å². The molecule has 0 aliphatic rings. The topological polar surface area (TPSA) is 37.8 Å². The first-order valence-corrected chi connectivity index (χ1v) is 5.75. The van der Waals surface area contributed by atoms with E-state index in [2.05, 4.69) is 27.6 Å². The van der Waals surface area contributed by atoms with Crippen LogP contribution < -0.4 is 5.32 Å². The number of rotatable bonds is 4. The van der Waals surface area contributed by atoms with E-state index in [9.17, 15) is 0 Å². The first-order chi connectivity index (χ1) is 7.40. The van der Waals surface area contributed by atoms with Crippen molar-refractivity contribution in [3.05, 3.63) is 29.8 Å². The molecule has 0 aliphatic carbocycles. The average Bonchev–Trinajstić information content (AvgIpc) is 2.80. The van der Waals surface area contributed by atoms with Crippen molar-refractivity contribution in [3.8, 4) is 10.6 Å². The second kappa shape index (κ2) is 6.77. The summed E-state index contributed by atoms with van der Waals surface area (Å²) in [5.74, 6) is 0.697. The molecule has 0 aromatic carbocycles. The Bertz CT molecular complexity index is 417. The summed E-state index contributed by atoms with van der Waals surface area (Å²) in [6, 6.07) is 5.83. The molecule has 2 aromatic heterocycles. The van der Waals surface area contributed by atoms with Crippen molar-refractivity contribution in [2.75, 3.05) is 11.9 Å². The quantitative estimate of drug-likeness (QED) is 0.800. The Balaban J connectivity index is 0.00000128. The molecule has 2 aromatic rings. The predicted molar refractivity (Wildman–Crippen MR) is 63.0 cm³/mol. The third-order valence-corrected chi connectivity index (χ3v) is 2.73. The smallest absolute Gasteiger partial charge is 0.222 e. The summed E-state index contributed by atoms with van der Waals surface area (Å²) in [6.45, 7) is 3.02. The molecule has 1 N–H and O–H groups in total. The number of aromatic nitrogens is 2. The van der Waals surface area contributed by atoms with Gasteiger partial charge in [-0.3, -0.25) is 11.3 Å². The van der Waals surface area contributed by atoms with Gasteiger partial charge in [0, 0.05) is 39.5 Å². The van der Waals surface area contributed by atoms with Crippen LogP contribution in [0.4, 0.5) is 5.95 Å². The van der Waals surface area contributed by atoms with Crippen LogP contribution in [0.15, 0.2) is 24.4 Å². The molecule has 0 saturated carbocycles.